The molecule has 2 atom stereocenters. The van der Waals surface area contributed by atoms with Gasteiger partial charge in [-0.15, -0.1) is 0 Å². The van der Waals surface area contributed by atoms with Crippen molar-refractivity contribution in [3.8, 4) is 5.75 Å². The minimum absolute atomic E-state index is 0.129. The zero-order chi connectivity index (χ0) is 9.42. The number of aryl methyl sites for hydroxylation is 1. The summed E-state index contributed by atoms with van der Waals surface area (Å²) in [7, 11) is 0. The maximum absolute atomic E-state index is 6.06. The molecule has 2 heteroatoms. The number of nitrogens with two attached hydrogens (primary N) is 1. The largest absolute Gasteiger partial charge is 0.493 e. The molecule has 1 heterocycles. The summed E-state index contributed by atoms with van der Waals surface area (Å²) in [6, 6.07) is 6.34. The summed E-state index contributed by atoms with van der Waals surface area (Å²) >= 11 is 0. The van der Waals surface area contributed by atoms with Crippen molar-refractivity contribution < 1.29 is 4.74 Å². The molecule has 2 N–H and O–H groups in total. The van der Waals surface area contributed by atoms with Crippen LogP contribution in [0.4, 0.5) is 0 Å². The number of ether oxygens (including phenoxy) is 1. The van der Waals surface area contributed by atoms with Crippen LogP contribution in [0.15, 0.2) is 18.2 Å². The monoisotopic (exact) mass is 177 g/mol. The summed E-state index contributed by atoms with van der Waals surface area (Å²) in [5.74, 6) is 1.38. The summed E-state index contributed by atoms with van der Waals surface area (Å²) in [6.45, 7) is 4.91. The van der Waals surface area contributed by atoms with Crippen LogP contribution in [0.5, 0.6) is 5.75 Å². The van der Waals surface area contributed by atoms with Crippen molar-refractivity contribution in [3.63, 3.8) is 0 Å². The van der Waals surface area contributed by atoms with E-state index in [-0.39, 0.29) is 6.04 Å². The number of hydrogen-bond donors (Lipinski definition) is 1. The molecular weight excluding hydrogens is 162 g/mol. The van der Waals surface area contributed by atoms with Crippen LogP contribution in [0.3, 0.4) is 0 Å². The summed E-state index contributed by atoms with van der Waals surface area (Å²) in [5, 5.41) is 0. The van der Waals surface area contributed by atoms with Crippen LogP contribution < -0.4 is 10.5 Å². The van der Waals surface area contributed by atoms with Crippen LogP contribution >= 0.6 is 0 Å². The molecule has 2 unspecified atom stereocenters. The Hall–Kier alpha value is -1.02. The predicted molar refractivity (Wildman–Crippen MR) is 52.8 cm³/mol. The van der Waals surface area contributed by atoms with Gasteiger partial charge in [-0.1, -0.05) is 19.1 Å². The third-order valence-corrected chi connectivity index (χ3v) is 2.64. The summed E-state index contributed by atoms with van der Waals surface area (Å²) in [6.07, 6.45) is 0. The van der Waals surface area contributed by atoms with Gasteiger partial charge in [0.15, 0.2) is 0 Å². The third-order valence-electron chi connectivity index (χ3n) is 2.64. The minimum atomic E-state index is 0.129. The molecule has 1 aliphatic rings. The maximum atomic E-state index is 6.06. The predicted octanol–water partition coefficient (Wildman–Crippen LogP) is 2.02. The van der Waals surface area contributed by atoms with Crippen molar-refractivity contribution in [1.82, 2.24) is 0 Å². The Morgan fingerprint density at radius 1 is 1.46 bits per heavy atom. The van der Waals surface area contributed by atoms with Gasteiger partial charge in [-0.25, -0.2) is 0 Å². The second kappa shape index (κ2) is 3.04. The average molecular weight is 177 g/mol. The van der Waals surface area contributed by atoms with Gasteiger partial charge in [0.1, 0.15) is 5.75 Å². The van der Waals surface area contributed by atoms with Gasteiger partial charge in [-0.05, 0) is 18.6 Å². The lowest BCUT2D eigenvalue weighted by atomic mass is 9.92. The van der Waals surface area contributed by atoms with E-state index in [1.165, 1.54) is 5.56 Å². The van der Waals surface area contributed by atoms with Crippen molar-refractivity contribution in [1.29, 1.82) is 0 Å². The summed E-state index contributed by atoms with van der Waals surface area (Å²) in [4.78, 5) is 0. The highest BCUT2D eigenvalue weighted by atomic mass is 16.5. The second-order valence-corrected chi connectivity index (χ2v) is 3.86. The lowest BCUT2D eigenvalue weighted by molar-refractivity contribution is 0.207. The molecule has 0 amide bonds. The smallest absolute Gasteiger partial charge is 0.124 e. The zero-order valence-corrected chi connectivity index (χ0v) is 8.08. The van der Waals surface area contributed by atoms with Gasteiger partial charge in [0.05, 0.1) is 6.61 Å². The van der Waals surface area contributed by atoms with E-state index in [0.717, 1.165) is 17.9 Å². The molecule has 0 fully saturated rings. The first-order valence-electron chi connectivity index (χ1n) is 4.67. The Morgan fingerprint density at radius 3 is 3.00 bits per heavy atom. The molecule has 1 aromatic carbocycles. The molecule has 0 radical (unpaired) electrons. The fourth-order valence-corrected chi connectivity index (χ4v) is 1.67. The topological polar surface area (TPSA) is 35.2 Å². The van der Waals surface area contributed by atoms with Gasteiger partial charge in [0.25, 0.3) is 0 Å². The van der Waals surface area contributed by atoms with E-state index < -0.39 is 0 Å². The zero-order valence-electron chi connectivity index (χ0n) is 8.08. The molecule has 1 aromatic rings. The molecule has 0 saturated carbocycles. The third kappa shape index (κ3) is 1.42. The van der Waals surface area contributed by atoms with Gasteiger partial charge >= 0.3 is 0 Å². The fraction of sp³-hybridized carbons (Fsp3) is 0.455. The van der Waals surface area contributed by atoms with Crippen LogP contribution in [0.25, 0.3) is 0 Å². The molecule has 2 rings (SSSR count). The normalized spacial score (nSPS) is 26.4. The first-order chi connectivity index (χ1) is 6.18. The highest BCUT2D eigenvalue weighted by molar-refractivity contribution is 5.40. The van der Waals surface area contributed by atoms with E-state index in [9.17, 15) is 0 Å². The van der Waals surface area contributed by atoms with E-state index in [4.69, 9.17) is 10.5 Å². The Bertz CT molecular complexity index is 322. The van der Waals surface area contributed by atoms with Crippen molar-refractivity contribution in [3.05, 3.63) is 29.3 Å². The Balaban J connectivity index is 2.44. The van der Waals surface area contributed by atoms with Crippen molar-refractivity contribution in [2.24, 2.45) is 11.7 Å². The van der Waals surface area contributed by atoms with Crippen LogP contribution in [0.2, 0.25) is 0 Å². The average Bonchev–Trinajstić information content (AvgIpc) is 2.12. The lowest BCUT2D eigenvalue weighted by Gasteiger charge is -2.28. The van der Waals surface area contributed by atoms with Gasteiger partial charge in [-0.3, -0.25) is 0 Å². The molecule has 0 aromatic heterocycles. The Kier molecular flexibility index (Phi) is 2.00. The quantitative estimate of drug-likeness (QED) is 0.658. The molecule has 13 heavy (non-hydrogen) atoms. The van der Waals surface area contributed by atoms with Crippen LogP contribution in [0, 0.1) is 12.8 Å². The number of rotatable bonds is 0. The van der Waals surface area contributed by atoms with Crippen molar-refractivity contribution in [2.45, 2.75) is 19.9 Å². The number of benzene rings is 1. The van der Waals surface area contributed by atoms with E-state index >= 15 is 0 Å². The second-order valence-electron chi connectivity index (χ2n) is 3.86. The van der Waals surface area contributed by atoms with Crippen molar-refractivity contribution in [2.75, 3.05) is 6.61 Å². The van der Waals surface area contributed by atoms with E-state index in [1.807, 2.05) is 0 Å². The summed E-state index contributed by atoms with van der Waals surface area (Å²) < 4.78 is 5.61. The Morgan fingerprint density at radius 2 is 2.23 bits per heavy atom. The molecule has 2 nitrogen and oxygen atoms in total. The van der Waals surface area contributed by atoms with Crippen LogP contribution in [-0.2, 0) is 0 Å². The van der Waals surface area contributed by atoms with Gasteiger partial charge in [0.2, 0.25) is 0 Å². The van der Waals surface area contributed by atoms with Gasteiger partial charge < -0.3 is 10.5 Å². The molecule has 0 aliphatic carbocycles. The van der Waals surface area contributed by atoms with E-state index in [1.54, 1.807) is 0 Å². The fourth-order valence-electron chi connectivity index (χ4n) is 1.67. The number of hydrogen-bond acceptors (Lipinski definition) is 2. The number of fused-ring (bicyclic) bond motifs is 1. The maximum Gasteiger partial charge on any atom is 0.124 e. The summed E-state index contributed by atoms with van der Waals surface area (Å²) in [5.41, 5.74) is 8.43. The molecule has 0 spiro atoms. The standard InChI is InChI=1S/C11H15NO/c1-7-3-4-9-10(5-7)13-6-8(2)11(9)12/h3-5,8,11H,6,12H2,1-2H3. The van der Waals surface area contributed by atoms with Gasteiger partial charge in [0, 0.05) is 17.5 Å². The highest BCUT2D eigenvalue weighted by Crippen LogP contribution is 2.33. The van der Waals surface area contributed by atoms with Crippen molar-refractivity contribution >= 4 is 0 Å². The van der Waals surface area contributed by atoms with E-state index in [2.05, 4.69) is 32.0 Å². The minimum Gasteiger partial charge on any atom is -0.493 e. The molecule has 70 valence electrons. The van der Waals surface area contributed by atoms with Crippen LogP contribution in [-0.4, -0.2) is 6.61 Å². The lowest BCUT2D eigenvalue weighted by Crippen LogP contribution is -2.29. The van der Waals surface area contributed by atoms with Gasteiger partial charge in [-0.2, -0.15) is 0 Å². The molecule has 0 saturated heterocycles. The molecule has 0 bridgehead atoms. The first kappa shape index (κ1) is 8.57. The SMILES string of the molecule is Cc1ccc2c(c1)OCC(C)C2N. The highest BCUT2D eigenvalue weighted by Gasteiger charge is 2.24. The Labute approximate surface area is 78.7 Å². The molecule has 1 aliphatic heterocycles. The first-order valence-corrected chi connectivity index (χ1v) is 4.67. The molecular formula is C11H15NO. The van der Waals surface area contributed by atoms with Crippen LogP contribution in [0.1, 0.15) is 24.1 Å². The van der Waals surface area contributed by atoms with E-state index in [0.29, 0.717) is 5.92 Å².